The number of aromatic nitrogens is 1. The first-order chi connectivity index (χ1) is 12.2. The van der Waals surface area contributed by atoms with E-state index in [4.69, 9.17) is 10.1 Å². The zero-order valence-electron chi connectivity index (χ0n) is 15.8. The van der Waals surface area contributed by atoms with Crippen molar-refractivity contribution in [2.24, 2.45) is 0 Å². The number of anilines is 1. The van der Waals surface area contributed by atoms with Crippen molar-refractivity contribution in [1.29, 1.82) is 0 Å². The molecule has 1 aromatic heterocycles. The zero-order chi connectivity index (χ0) is 17.8. The molecule has 0 aliphatic carbocycles. The molecule has 1 fully saturated rings. The molecule has 1 aliphatic heterocycles. The minimum Gasteiger partial charge on any atom is -0.396 e. The molecule has 0 bridgehead atoms. The number of fused-ring (bicyclic) bond motifs is 1. The van der Waals surface area contributed by atoms with Gasteiger partial charge in [-0.1, -0.05) is 25.1 Å². The lowest BCUT2D eigenvalue weighted by molar-refractivity contribution is 0.184. The highest BCUT2D eigenvalue weighted by Crippen LogP contribution is 2.34. The fourth-order valence-corrected chi connectivity index (χ4v) is 4.17. The summed E-state index contributed by atoms with van der Waals surface area (Å²) in [7, 11) is 2.19. The number of hydrogen-bond acceptors (Lipinski definition) is 4. The van der Waals surface area contributed by atoms with Gasteiger partial charge in [0.2, 0.25) is 0 Å². The lowest BCUT2D eigenvalue weighted by Crippen LogP contribution is -2.44. The van der Waals surface area contributed by atoms with Crippen molar-refractivity contribution in [1.82, 2.24) is 9.88 Å². The van der Waals surface area contributed by atoms with Crippen LogP contribution in [0.25, 0.3) is 10.9 Å². The molecule has 4 heteroatoms. The number of piperidine rings is 1. The number of pyridine rings is 1. The lowest BCUT2D eigenvalue weighted by Gasteiger charge is -2.39. The van der Waals surface area contributed by atoms with Gasteiger partial charge in [-0.05, 0) is 51.3 Å². The fourth-order valence-electron chi connectivity index (χ4n) is 4.17. The monoisotopic (exact) mass is 341 g/mol. The molecule has 1 aromatic carbocycles. The summed E-state index contributed by atoms with van der Waals surface area (Å²) < 4.78 is 0. The molecule has 3 rings (SSSR count). The molecule has 0 amide bonds. The predicted octanol–water partition coefficient (Wildman–Crippen LogP) is 3.39. The number of rotatable bonds is 6. The van der Waals surface area contributed by atoms with Gasteiger partial charge in [0.15, 0.2) is 0 Å². The highest BCUT2D eigenvalue weighted by molar-refractivity contribution is 5.94. The third-order valence-corrected chi connectivity index (χ3v) is 5.60. The highest BCUT2D eigenvalue weighted by atomic mass is 16.3. The first-order valence-corrected chi connectivity index (χ1v) is 9.60. The Morgan fingerprint density at radius 1 is 1.24 bits per heavy atom. The van der Waals surface area contributed by atoms with E-state index in [2.05, 4.69) is 55.0 Å². The summed E-state index contributed by atoms with van der Waals surface area (Å²) in [4.78, 5) is 9.82. The normalized spacial score (nSPS) is 16.1. The van der Waals surface area contributed by atoms with Crippen LogP contribution in [0, 0.1) is 6.92 Å². The predicted molar refractivity (Wildman–Crippen MR) is 105 cm³/mol. The van der Waals surface area contributed by atoms with Crippen LogP contribution in [-0.4, -0.2) is 54.3 Å². The van der Waals surface area contributed by atoms with E-state index in [-0.39, 0.29) is 6.61 Å². The Bertz CT molecular complexity index is 708. The van der Waals surface area contributed by atoms with Gasteiger partial charge in [-0.25, -0.2) is 0 Å². The minimum atomic E-state index is 0.283. The Hall–Kier alpha value is -1.65. The van der Waals surface area contributed by atoms with E-state index in [9.17, 15) is 0 Å². The Kier molecular flexibility index (Phi) is 5.92. The van der Waals surface area contributed by atoms with Crippen LogP contribution in [-0.2, 0) is 6.42 Å². The van der Waals surface area contributed by atoms with Crippen LogP contribution >= 0.6 is 0 Å². The van der Waals surface area contributed by atoms with Crippen molar-refractivity contribution in [2.45, 2.75) is 45.6 Å². The van der Waals surface area contributed by atoms with Crippen molar-refractivity contribution in [3.8, 4) is 0 Å². The molecule has 136 valence electrons. The van der Waals surface area contributed by atoms with Crippen LogP contribution in [0.4, 0.5) is 5.69 Å². The first-order valence-electron chi connectivity index (χ1n) is 9.60. The summed E-state index contributed by atoms with van der Waals surface area (Å²) in [5.74, 6) is 0. The highest BCUT2D eigenvalue weighted by Gasteiger charge is 2.25. The maximum Gasteiger partial charge on any atom is 0.0726 e. The number of aryl methyl sites for hydroxylation is 1. The SMILES string of the molecule is CCc1c(C)nc2ccccc2c1N1CCC(N(C)CCCO)CC1. The molecule has 1 saturated heterocycles. The van der Waals surface area contributed by atoms with Gasteiger partial charge in [-0.2, -0.15) is 0 Å². The summed E-state index contributed by atoms with van der Waals surface area (Å²) >= 11 is 0. The molecule has 0 unspecified atom stereocenters. The van der Waals surface area contributed by atoms with Gasteiger partial charge < -0.3 is 14.9 Å². The van der Waals surface area contributed by atoms with Crippen molar-refractivity contribution in [3.63, 3.8) is 0 Å². The van der Waals surface area contributed by atoms with E-state index in [0.29, 0.717) is 6.04 Å². The second-order valence-corrected chi connectivity index (χ2v) is 7.17. The minimum absolute atomic E-state index is 0.283. The van der Waals surface area contributed by atoms with Gasteiger partial charge in [0.05, 0.1) is 11.2 Å². The van der Waals surface area contributed by atoms with E-state index in [0.717, 1.165) is 38.0 Å². The van der Waals surface area contributed by atoms with Crippen molar-refractivity contribution < 1.29 is 5.11 Å². The third kappa shape index (κ3) is 3.80. The van der Waals surface area contributed by atoms with E-state index < -0.39 is 0 Å². The average Bonchev–Trinajstić information content (AvgIpc) is 2.65. The maximum atomic E-state index is 9.05. The topological polar surface area (TPSA) is 39.6 Å². The van der Waals surface area contributed by atoms with Crippen molar-refractivity contribution in [2.75, 3.05) is 38.2 Å². The maximum absolute atomic E-state index is 9.05. The molecule has 0 radical (unpaired) electrons. The van der Waals surface area contributed by atoms with E-state index in [1.54, 1.807) is 0 Å². The van der Waals surface area contributed by atoms with Crippen LogP contribution in [0.1, 0.15) is 37.4 Å². The van der Waals surface area contributed by atoms with Crippen molar-refractivity contribution in [3.05, 3.63) is 35.5 Å². The Morgan fingerprint density at radius 2 is 1.96 bits per heavy atom. The van der Waals surface area contributed by atoms with Crippen LogP contribution in [0.5, 0.6) is 0 Å². The fraction of sp³-hybridized carbons (Fsp3) is 0.571. The van der Waals surface area contributed by atoms with Gasteiger partial charge in [0.1, 0.15) is 0 Å². The third-order valence-electron chi connectivity index (χ3n) is 5.60. The zero-order valence-corrected chi connectivity index (χ0v) is 15.8. The van der Waals surface area contributed by atoms with Gasteiger partial charge >= 0.3 is 0 Å². The number of nitrogens with zero attached hydrogens (tertiary/aromatic N) is 3. The molecule has 2 heterocycles. The number of aliphatic hydroxyl groups excluding tert-OH is 1. The molecule has 0 spiro atoms. The molecule has 2 aromatic rings. The van der Waals surface area contributed by atoms with E-state index >= 15 is 0 Å². The summed E-state index contributed by atoms with van der Waals surface area (Å²) in [5.41, 5.74) is 5.07. The van der Waals surface area contributed by atoms with Gasteiger partial charge in [-0.3, -0.25) is 4.98 Å². The number of benzene rings is 1. The van der Waals surface area contributed by atoms with E-state index in [1.165, 1.54) is 35.2 Å². The van der Waals surface area contributed by atoms with Gasteiger partial charge in [0, 0.05) is 43.4 Å². The quantitative estimate of drug-likeness (QED) is 0.874. The molecule has 1 N–H and O–H groups in total. The summed E-state index contributed by atoms with van der Waals surface area (Å²) in [6.45, 7) is 7.83. The number of hydrogen-bond donors (Lipinski definition) is 1. The Morgan fingerprint density at radius 3 is 2.64 bits per heavy atom. The molecular weight excluding hydrogens is 310 g/mol. The first kappa shape index (κ1) is 18.2. The standard InChI is InChI=1S/C21H31N3O/c1-4-18-16(2)22-20-9-6-5-8-19(20)21(18)24-13-10-17(11-14-24)23(3)12-7-15-25/h5-6,8-9,17,25H,4,7,10-15H2,1-3H3. The van der Waals surface area contributed by atoms with Crippen LogP contribution < -0.4 is 4.90 Å². The lowest BCUT2D eigenvalue weighted by atomic mass is 9.98. The Labute approximate surface area is 151 Å². The van der Waals surface area contributed by atoms with Crippen LogP contribution in [0.3, 0.4) is 0 Å². The second-order valence-electron chi connectivity index (χ2n) is 7.17. The van der Waals surface area contributed by atoms with Crippen molar-refractivity contribution >= 4 is 16.6 Å². The number of aliphatic hydroxyl groups is 1. The summed E-state index contributed by atoms with van der Waals surface area (Å²) in [5, 5.41) is 10.3. The van der Waals surface area contributed by atoms with Gasteiger partial charge in [0.25, 0.3) is 0 Å². The van der Waals surface area contributed by atoms with E-state index in [1.807, 2.05) is 0 Å². The van der Waals surface area contributed by atoms with Crippen LogP contribution in [0.2, 0.25) is 0 Å². The molecule has 0 saturated carbocycles. The smallest absolute Gasteiger partial charge is 0.0726 e. The largest absolute Gasteiger partial charge is 0.396 e. The summed E-state index contributed by atoms with van der Waals surface area (Å²) in [6.07, 6.45) is 4.25. The van der Waals surface area contributed by atoms with Gasteiger partial charge in [-0.15, -0.1) is 0 Å². The molecule has 1 aliphatic rings. The average molecular weight is 341 g/mol. The summed E-state index contributed by atoms with van der Waals surface area (Å²) in [6, 6.07) is 9.17. The Balaban J connectivity index is 1.83. The molecule has 4 nitrogen and oxygen atoms in total. The number of para-hydroxylation sites is 1. The molecule has 0 atom stereocenters. The molecule has 25 heavy (non-hydrogen) atoms. The molecular formula is C21H31N3O. The second kappa shape index (κ2) is 8.15. The van der Waals surface area contributed by atoms with Crippen LogP contribution in [0.15, 0.2) is 24.3 Å².